The third kappa shape index (κ3) is 6.19. The third-order valence-corrected chi connectivity index (χ3v) is 8.32. The molecule has 2 nitrogen and oxygen atoms in total. The highest BCUT2D eigenvalue weighted by molar-refractivity contribution is 7.99. The molecular formula is C29H25O2S2+. The van der Waals surface area contributed by atoms with Crippen molar-refractivity contribution in [2.24, 2.45) is 0 Å². The molecule has 4 aromatic carbocycles. The molecule has 0 bridgehead atoms. The molecule has 0 aliphatic rings. The molecule has 1 N–H and O–H groups in total. The van der Waals surface area contributed by atoms with Crippen molar-refractivity contribution in [2.75, 3.05) is 0 Å². The van der Waals surface area contributed by atoms with Gasteiger partial charge in [0.05, 0.1) is 16.7 Å². The molecule has 4 rings (SSSR count). The molecule has 0 unspecified atom stereocenters. The predicted molar refractivity (Wildman–Crippen MR) is 137 cm³/mol. The maximum atomic E-state index is 12.2. The van der Waals surface area contributed by atoms with E-state index in [-0.39, 0.29) is 28.9 Å². The number of ketones is 1. The summed E-state index contributed by atoms with van der Waals surface area (Å²) in [7, 11) is -0.154. The normalized spacial score (nSPS) is 10.8. The van der Waals surface area contributed by atoms with Gasteiger partial charge in [0.1, 0.15) is 0 Å². The first-order valence-corrected chi connectivity index (χ1v) is 12.8. The first kappa shape index (κ1) is 23.0. The SMILES string of the molecule is C=C(O)CCC(=O)c1ccc(Sc2ccc([S+](c3ccccc3)c3ccccc3)cc2)cc1. The summed E-state index contributed by atoms with van der Waals surface area (Å²) in [6.07, 6.45) is 0.573. The van der Waals surface area contributed by atoms with E-state index in [4.69, 9.17) is 0 Å². The van der Waals surface area contributed by atoms with Gasteiger partial charge in [-0.1, -0.05) is 66.9 Å². The summed E-state index contributed by atoms with van der Waals surface area (Å²) in [5, 5.41) is 9.19. The van der Waals surface area contributed by atoms with Gasteiger partial charge in [0, 0.05) is 28.2 Å². The van der Waals surface area contributed by atoms with Crippen LogP contribution in [0.1, 0.15) is 23.2 Å². The molecule has 4 aromatic rings. The van der Waals surface area contributed by atoms with Gasteiger partial charge in [-0.3, -0.25) is 4.79 Å². The van der Waals surface area contributed by atoms with E-state index in [1.54, 1.807) is 11.8 Å². The lowest BCUT2D eigenvalue weighted by Gasteiger charge is -2.09. The fourth-order valence-corrected chi connectivity index (χ4v) is 6.31. The second kappa shape index (κ2) is 11.1. The highest BCUT2D eigenvalue weighted by Gasteiger charge is 2.28. The monoisotopic (exact) mass is 469 g/mol. The van der Waals surface area contributed by atoms with E-state index >= 15 is 0 Å². The fraction of sp³-hybridized carbons (Fsp3) is 0.0690. The first-order valence-electron chi connectivity index (χ1n) is 10.7. The summed E-state index contributed by atoms with van der Waals surface area (Å²) >= 11 is 1.68. The molecular weight excluding hydrogens is 444 g/mol. The van der Waals surface area contributed by atoms with Crippen molar-refractivity contribution >= 4 is 28.4 Å². The number of benzene rings is 4. The summed E-state index contributed by atoms with van der Waals surface area (Å²) in [6, 6.07) is 37.6. The van der Waals surface area contributed by atoms with Crippen molar-refractivity contribution in [2.45, 2.75) is 37.3 Å². The number of hydrogen-bond acceptors (Lipinski definition) is 3. The molecule has 0 amide bonds. The molecule has 0 spiro atoms. The van der Waals surface area contributed by atoms with Crippen molar-refractivity contribution in [3.63, 3.8) is 0 Å². The van der Waals surface area contributed by atoms with Crippen LogP contribution in [0.5, 0.6) is 0 Å². The lowest BCUT2D eigenvalue weighted by atomic mass is 10.1. The van der Waals surface area contributed by atoms with Crippen LogP contribution in [0.15, 0.2) is 146 Å². The van der Waals surface area contributed by atoms with Crippen LogP contribution in [-0.4, -0.2) is 10.9 Å². The highest BCUT2D eigenvalue weighted by Crippen LogP contribution is 2.34. The Morgan fingerprint density at radius 2 is 1.12 bits per heavy atom. The lowest BCUT2D eigenvalue weighted by molar-refractivity contribution is 0.0978. The number of allylic oxidation sites excluding steroid dienone is 1. The molecule has 33 heavy (non-hydrogen) atoms. The van der Waals surface area contributed by atoms with E-state index in [9.17, 15) is 9.90 Å². The van der Waals surface area contributed by atoms with Gasteiger partial charge in [-0.25, -0.2) is 0 Å². The number of aliphatic hydroxyl groups is 1. The zero-order chi connectivity index (χ0) is 23.0. The molecule has 0 fully saturated rings. The largest absolute Gasteiger partial charge is 0.513 e. The van der Waals surface area contributed by atoms with Gasteiger partial charge in [0.15, 0.2) is 20.5 Å². The maximum Gasteiger partial charge on any atom is 0.166 e. The van der Waals surface area contributed by atoms with Crippen LogP contribution < -0.4 is 0 Å². The average Bonchev–Trinajstić information content (AvgIpc) is 2.85. The van der Waals surface area contributed by atoms with Crippen molar-refractivity contribution in [1.29, 1.82) is 0 Å². The summed E-state index contributed by atoms with van der Waals surface area (Å²) in [4.78, 5) is 18.3. The van der Waals surface area contributed by atoms with Gasteiger partial charge in [-0.15, -0.1) is 0 Å². The van der Waals surface area contributed by atoms with Crippen molar-refractivity contribution < 1.29 is 9.90 Å². The Morgan fingerprint density at radius 3 is 1.61 bits per heavy atom. The van der Waals surface area contributed by atoms with Gasteiger partial charge in [0.25, 0.3) is 0 Å². The van der Waals surface area contributed by atoms with E-state index in [0.717, 1.165) is 9.79 Å². The molecule has 0 saturated heterocycles. The van der Waals surface area contributed by atoms with Crippen LogP contribution in [0.2, 0.25) is 0 Å². The number of Topliss-reactive ketones (excluding diaryl/α,β-unsaturated/α-hetero) is 1. The molecule has 164 valence electrons. The summed E-state index contributed by atoms with van der Waals surface area (Å²) in [6.45, 7) is 3.43. The summed E-state index contributed by atoms with van der Waals surface area (Å²) in [5.74, 6) is 0.0568. The zero-order valence-electron chi connectivity index (χ0n) is 18.2. The molecule has 0 atom stereocenters. The van der Waals surface area contributed by atoms with Gasteiger partial charge < -0.3 is 5.11 Å². The zero-order valence-corrected chi connectivity index (χ0v) is 19.8. The van der Waals surface area contributed by atoms with E-state index in [0.29, 0.717) is 12.0 Å². The van der Waals surface area contributed by atoms with Crippen molar-refractivity contribution in [3.05, 3.63) is 127 Å². The fourth-order valence-electron chi connectivity index (χ4n) is 3.41. The minimum atomic E-state index is -0.154. The number of aliphatic hydroxyl groups excluding tert-OH is 1. The van der Waals surface area contributed by atoms with Gasteiger partial charge in [-0.2, -0.15) is 0 Å². The summed E-state index contributed by atoms with van der Waals surface area (Å²) in [5.41, 5.74) is 0.658. The standard InChI is InChI=1S/C29H24O2S2/c1-22(30)12-21-29(31)23-13-15-24(16-14-23)32-25-17-19-28(20-18-25)33(26-8-4-2-5-9-26)27-10-6-3-7-11-27/h2-11,13-20H,1,12,21H2/p+1. The molecule has 0 heterocycles. The van der Waals surface area contributed by atoms with E-state index in [1.165, 1.54) is 14.7 Å². The van der Waals surface area contributed by atoms with Gasteiger partial charge in [0.2, 0.25) is 0 Å². The topological polar surface area (TPSA) is 37.3 Å². The quantitative estimate of drug-likeness (QED) is 0.153. The van der Waals surface area contributed by atoms with Crippen LogP contribution in [0, 0.1) is 0 Å². The minimum Gasteiger partial charge on any atom is -0.513 e. The summed E-state index contributed by atoms with van der Waals surface area (Å²) < 4.78 is 0. The Balaban J connectivity index is 1.49. The Bertz CT molecular complexity index is 1160. The predicted octanol–water partition coefficient (Wildman–Crippen LogP) is 7.97. The maximum absolute atomic E-state index is 12.2. The number of rotatable bonds is 9. The van der Waals surface area contributed by atoms with Crippen molar-refractivity contribution in [1.82, 2.24) is 0 Å². The Morgan fingerprint density at radius 1 is 0.667 bits per heavy atom. The van der Waals surface area contributed by atoms with E-state index in [2.05, 4.69) is 91.5 Å². The number of hydrogen-bond donors (Lipinski definition) is 1. The molecule has 4 heteroatoms. The van der Waals surface area contributed by atoms with Crippen LogP contribution >= 0.6 is 11.8 Å². The van der Waals surface area contributed by atoms with Crippen LogP contribution in [-0.2, 0) is 10.9 Å². The number of carbonyl (C=O) groups is 1. The molecule has 0 saturated carbocycles. The van der Waals surface area contributed by atoms with Crippen LogP contribution in [0.4, 0.5) is 0 Å². The van der Waals surface area contributed by atoms with Gasteiger partial charge in [-0.05, 0) is 60.7 Å². The third-order valence-electron chi connectivity index (χ3n) is 5.07. The molecule has 0 aromatic heterocycles. The van der Waals surface area contributed by atoms with Crippen LogP contribution in [0.25, 0.3) is 0 Å². The average molecular weight is 470 g/mol. The van der Waals surface area contributed by atoms with Crippen molar-refractivity contribution in [3.8, 4) is 0 Å². The highest BCUT2D eigenvalue weighted by atomic mass is 32.2. The Kier molecular flexibility index (Phi) is 7.71. The Labute approximate surface area is 202 Å². The van der Waals surface area contributed by atoms with E-state index in [1.807, 2.05) is 24.3 Å². The second-order valence-corrected chi connectivity index (χ2v) is 10.7. The van der Waals surface area contributed by atoms with Crippen LogP contribution in [0.3, 0.4) is 0 Å². The van der Waals surface area contributed by atoms with E-state index < -0.39 is 0 Å². The smallest absolute Gasteiger partial charge is 0.166 e. The molecule has 0 aliphatic heterocycles. The lowest BCUT2D eigenvalue weighted by Crippen LogP contribution is -2.04. The number of carbonyl (C=O) groups excluding carboxylic acids is 1. The molecule has 0 radical (unpaired) electrons. The second-order valence-electron chi connectivity index (χ2n) is 7.52. The Hall–Kier alpha value is -3.21. The van der Waals surface area contributed by atoms with Gasteiger partial charge >= 0.3 is 0 Å². The first-order chi connectivity index (χ1) is 16.1. The minimum absolute atomic E-state index is 0.0139. The molecule has 0 aliphatic carbocycles.